The normalized spacial score (nSPS) is 10.9. The molecule has 170 valence electrons. The van der Waals surface area contributed by atoms with Crippen LogP contribution in [0.5, 0.6) is 5.75 Å². The predicted octanol–water partition coefficient (Wildman–Crippen LogP) is 4.18. The molecule has 0 unspecified atom stereocenters. The Bertz CT molecular complexity index is 1320. The van der Waals surface area contributed by atoms with Gasteiger partial charge in [0, 0.05) is 25.0 Å². The summed E-state index contributed by atoms with van der Waals surface area (Å²) in [5, 5.41) is 0. The van der Waals surface area contributed by atoms with Crippen LogP contribution in [0.2, 0.25) is 0 Å². The molecule has 4 aromatic rings. The molecule has 0 aliphatic carbocycles. The number of fused-ring (bicyclic) bond motifs is 1. The number of benzene rings is 1. The highest BCUT2D eigenvalue weighted by atomic mass is 16.5. The van der Waals surface area contributed by atoms with Crippen LogP contribution in [0, 0.1) is 13.8 Å². The number of rotatable bonds is 7. The Balaban J connectivity index is 1.41. The number of nitrogens with zero attached hydrogens (tertiary/aromatic N) is 3. The predicted molar refractivity (Wildman–Crippen MR) is 121 cm³/mol. The van der Waals surface area contributed by atoms with E-state index in [2.05, 4.69) is 4.98 Å². The number of hydrogen-bond acceptors (Lipinski definition) is 6. The Morgan fingerprint density at radius 2 is 1.94 bits per heavy atom. The zero-order valence-electron chi connectivity index (χ0n) is 19.0. The molecular weight excluding hydrogens is 422 g/mol. The Hall–Kier alpha value is -4.07. The third-order valence-corrected chi connectivity index (χ3v) is 5.23. The molecule has 0 atom stereocenters. The lowest BCUT2D eigenvalue weighted by Gasteiger charge is -2.16. The summed E-state index contributed by atoms with van der Waals surface area (Å²) in [6, 6.07) is 12.6. The van der Waals surface area contributed by atoms with Crippen molar-refractivity contribution in [1.29, 1.82) is 0 Å². The summed E-state index contributed by atoms with van der Waals surface area (Å²) in [5.41, 5.74) is 3.63. The smallest absolute Gasteiger partial charge is 0.341 e. The maximum Gasteiger partial charge on any atom is 0.341 e. The van der Waals surface area contributed by atoms with Crippen LogP contribution >= 0.6 is 0 Å². The zero-order valence-corrected chi connectivity index (χ0v) is 19.0. The van der Waals surface area contributed by atoms with E-state index >= 15 is 0 Å². The first-order valence-electron chi connectivity index (χ1n) is 10.4. The summed E-state index contributed by atoms with van der Waals surface area (Å²) in [4.78, 5) is 30.8. The van der Waals surface area contributed by atoms with E-state index in [1.807, 2.05) is 35.9 Å². The second-order valence-electron chi connectivity index (χ2n) is 7.86. The van der Waals surface area contributed by atoms with Gasteiger partial charge in [0.2, 0.25) is 0 Å². The topological polar surface area (TPSA) is 86.3 Å². The number of carbonyl (C=O) groups is 2. The van der Waals surface area contributed by atoms with Gasteiger partial charge in [-0.2, -0.15) is 0 Å². The van der Waals surface area contributed by atoms with Gasteiger partial charge in [0.25, 0.3) is 5.91 Å². The van der Waals surface area contributed by atoms with Gasteiger partial charge in [-0.1, -0.05) is 12.1 Å². The summed E-state index contributed by atoms with van der Waals surface area (Å²) < 4.78 is 18.2. The van der Waals surface area contributed by atoms with Crippen LogP contribution in [-0.2, 0) is 17.9 Å². The van der Waals surface area contributed by atoms with Gasteiger partial charge in [0.15, 0.2) is 0 Å². The average molecular weight is 447 g/mol. The molecule has 1 aromatic carbocycles. The SMILES string of the molecule is COC(=O)c1cc(CN(C)C(=O)c2cccc(OCc3cn4cc(C)ccc4n3)c2)oc1C. The molecule has 3 heterocycles. The van der Waals surface area contributed by atoms with Gasteiger partial charge in [-0.3, -0.25) is 4.79 Å². The molecule has 0 radical (unpaired) electrons. The van der Waals surface area contributed by atoms with E-state index in [9.17, 15) is 9.59 Å². The van der Waals surface area contributed by atoms with Crippen molar-refractivity contribution in [3.05, 3.63) is 88.8 Å². The fraction of sp³-hybridized carbons (Fsp3) is 0.240. The van der Waals surface area contributed by atoms with E-state index in [-0.39, 0.29) is 19.1 Å². The summed E-state index contributed by atoms with van der Waals surface area (Å²) in [7, 11) is 2.99. The largest absolute Gasteiger partial charge is 0.487 e. The lowest BCUT2D eigenvalue weighted by Crippen LogP contribution is -2.26. The number of pyridine rings is 1. The maximum atomic E-state index is 12.9. The molecule has 0 bridgehead atoms. The van der Waals surface area contributed by atoms with Crippen LogP contribution in [0.15, 0.2) is 59.3 Å². The molecule has 0 aliphatic rings. The Morgan fingerprint density at radius 3 is 2.73 bits per heavy atom. The van der Waals surface area contributed by atoms with Gasteiger partial charge in [-0.25, -0.2) is 9.78 Å². The maximum absolute atomic E-state index is 12.9. The number of carbonyl (C=O) groups excluding carboxylic acids is 2. The monoisotopic (exact) mass is 447 g/mol. The second kappa shape index (κ2) is 9.20. The molecule has 0 spiro atoms. The molecule has 4 rings (SSSR count). The summed E-state index contributed by atoms with van der Waals surface area (Å²) in [6.07, 6.45) is 3.94. The number of hydrogen-bond donors (Lipinski definition) is 0. The number of furan rings is 1. The van der Waals surface area contributed by atoms with E-state index in [0.717, 1.165) is 16.9 Å². The van der Waals surface area contributed by atoms with Crippen molar-refractivity contribution in [3.8, 4) is 5.75 Å². The molecular formula is C25H25N3O5. The number of ether oxygens (including phenoxy) is 2. The molecule has 0 N–H and O–H groups in total. The van der Waals surface area contributed by atoms with E-state index in [1.165, 1.54) is 12.0 Å². The molecule has 8 nitrogen and oxygen atoms in total. The first-order chi connectivity index (χ1) is 15.8. The summed E-state index contributed by atoms with van der Waals surface area (Å²) >= 11 is 0. The molecule has 8 heteroatoms. The number of aromatic nitrogens is 2. The van der Waals surface area contributed by atoms with Crippen LogP contribution in [-0.4, -0.2) is 40.3 Å². The molecule has 1 amide bonds. The van der Waals surface area contributed by atoms with Gasteiger partial charge in [-0.05, 0) is 49.7 Å². The Labute approximate surface area is 191 Å². The molecule has 0 saturated carbocycles. The van der Waals surface area contributed by atoms with E-state index in [1.54, 1.807) is 44.3 Å². The van der Waals surface area contributed by atoms with Crippen molar-refractivity contribution in [2.24, 2.45) is 0 Å². The lowest BCUT2D eigenvalue weighted by atomic mass is 10.2. The quantitative estimate of drug-likeness (QED) is 0.395. The highest BCUT2D eigenvalue weighted by Gasteiger charge is 2.19. The minimum absolute atomic E-state index is 0.197. The van der Waals surface area contributed by atoms with E-state index in [0.29, 0.717) is 28.4 Å². The fourth-order valence-electron chi connectivity index (χ4n) is 3.56. The Morgan fingerprint density at radius 1 is 1.12 bits per heavy atom. The number of methoxy groups -OCH3 is 1. The summed E-state index contributed by atoms with van der Waals surface area (Å²) in [5.74, 6) is 0.858. The van der Waals surface area contributed by atoms with Crippen molar-refractivity contribution in [1.82, 2.24) is 14.3 Å². The molecule has 0 fully saturated rings. The number of aryl methyl sites for hydroxylation is 2. The van der Waals surface area contributed by atoms with Crippen molar-refractivity contribution in [3.63, 3.8) is 0 Å². The Kier molecular flexibility index (Phi) is 6.17. The van der Waals surface area contributed by atoms with Gasteiger partial charge in [0.1, 0.15) is 35.1 Å². The lowest BCUT2D eigenvalue weighted by molar-refractivity contribution is 0.0598. The van der Waals surface area contributed by atoms with Crippen molar-refractivity contribution in [2.45, 2.75) is 27.0 Å². The average Bonchev–Trinajstić information content (AvgIpc) is 3.38. The van der Waals surface area contributed by atoms with Crippen LogP contribution in [0.1, 0.15) is 43.5 Å². The van der Waals surface area contributed by atoms with Crippen LogP contribution < -0.4 is 4.74 Å². The third-order valence-electron chi connectivity index (χ3n) is 5.23. The molecule has 0 saturated heterocycles. The minimum atomic E-state index is -0.470. The van der Waals surface area contributed by atoms with E-state index in [4.69, 9.17) is 13.9 Å². The molecule has 0 aliphatic heterocycles. The van der Waals surface area contributed by atoms with Crippen LogP contribution in [0.25, 0.3) is 5.65 Å². The van der Waals surface area contributed by atoms with Gasteiger partial charge in [-0.15, -0.1) is 0 Å². The van der Waals surface area contributed by atoms with Crippen molar-refractivity contribution in [2.75, 3.05) is 14.2 Å². The third kappa shape index (κ3) is 4.90. The van der Waals surface area contributed by atoms with Crippen molar-refractivity contribution < 1.29 is 23.5 Å². The van der Waals surface area contributed by atoms with Gasteiger partial charge in [0.05, 0.1) is 19.3 Å². The highest BCUT2D eigenvalue weighted by Crippen LogP contribution is 2.20. The number of amides is 1. The zero-order chi connectivity index (χ0) is 23.5. The number of esters is 1. The van der Waals surface area contributed by atoms with E-state index < -0.39 is 5.97 Å². The van der Waals surface area contributed by atoms with Crippen LogP contribution in [0.3, 0.4) is 0 Å². The first kappa shape index (κ1) is 22.1. The van der Waals surface area contributed by atoms with Gasteiger partial charge >= 0.3 is 5.97 Å². The standard InChI is InChI=1S/C25H25N3O5/c1-16-8-9-23-26-19(13-28(23)12-16)15-32-20-7-5-6-18(10-20)24(29)27(3)14-21-11-22(17(2)33-21)25(30)31-4/h5-13H,14-15H2,1-4H3. The first-order valence-corrected chi connectivity index (χ1v) is 10.4. The fourth-order valence-corrected chi connectivity index (χ4v) is 3.56. The second-order valence-corrected chi connectivity index (χ2v) is 7.86. The van der Waals surface area contributed by atoms with Gasteiger partial charge < -0.3 is 23.2 Å². The molecule has 3 aromatic heterocycles. The highest BCUT2D eigenvalue weighted by molar-refractivity contribution is 5.94. The van der Waals surface area contributed by atoms with Crippen molar-refractivity contribution >= 4 is 17.5 Å². The summed E-state index contributed by atoms with van der Waals surface area (Å²) in [6.45, 7) is 4.21. The minimum Gasteiger partial charge on any atom is -0.487 e. The number of imidazole rings is 1. The van der Waals surface area contributed by atoms with Crippen LogP contribution in [0.4, 0.5) is 0 Å². The molecule has 33 heavy (non-hydrogen) atoms.